The van der Waals surface area contributed by atoms with Crippen molar-refractivity contribution in [3.8, 4) is 0 Å². The van der Waals surface area contributed by atoms with Gasteiger partial charge in [0.2, 0.25) is 0 Å². The molecule has 0 aliphatic rings. The van der Waals surface area contributed by atoms with Crippen LogP contribution in [-0.4, -0.2) is 55.1 Å². The van der Waals surface area contributed by atoms with Gasteiger partial charge in [-0.2, -0.15) is 0 Å². The van der Waals surface area contributed by atoms with Crippen LogP contribution in [0.5, 0.6) is 0 Å². The van der Waals surface area contributed by atoms with Gasteiger partial charge in [0.05, 0.1) is 0 Å². The summed E-state index contributed by atoms with van der Waals surface area (Å²) in [4.78, 5) is 13.3. The first-order valence-corrected chi connectivity index (χ1v) is 6.56. The Hall–Kier alpha value is -1.36. The van der Waals surface area contributed by atoms with E-state index in [1.807, 2.05) is 13.0 Å². The molecule has 0 aliphatic carbocycles. The van der Waals surface area contributed by atoms with E-state index in [2.05, 4.69) is 53.0 Å². The Balaban J connectivity index is 2.74. The molecule has 18 heavy (non-hydrogen) atoms. The number of anilines is 2. The van der Waals surface area contributed by atoms with E-state index < -0.39 is 0 Å². The lowest BCUT2D eigenvalue weighted by Crippen LogP contribution is -2.24. The third-order valence-electron chi connectivity index (χ3n) is 2.78. The summed E-state index contributed by atoms with van der Waals surface area (Å²) in [7, 11) is 4.13. The molecule has 0 aliphatic heterocycles. The zero-order chi connectivity index (χ0) is 13.5. The molecule has 0 fully saturated rings. The number of rotatable bonds is 7. The molecule has 1 N–H and O–H groups in total. The van der Waals surface area contributed by atoms with E-state index in [-0.39, 0.29) is 0 Å². The molecule has 0 saturated carbocycles. The monoisotopic (exact) mass is 251 g/mol. The Morgan fingerprint density at radius 1 is 1.17 bits per heavy atom. The molecule has 5 nitrogen and oxygen atoms in total. The molecule has 1 aromatic rings. The van der Waals surface area contributed by atoms with E-state index >= 15 is 0 Å². The largest absolute Gasteiger partial charge is 0.369 e. The number of hydrogen-bond donors (Lipinski definition) is 1. The van der Waals surface area contributed by atoms with Crippen molar-refractivity contribution in [2.45, 2.75) is 20.8 Å². The van der Waals surface area contributed by atoms with Crippen molar-refractivity contribution in [2.75, 3.05) is 50.5 Å². The summed E-state index contributed by atoms with van der Waals surface area (Å²) in [6.45, 7) is 10.0. The van der Waals surface area contributed by atoms with Crippen molar-refractivity contribution in [3.05, 3.63) is 11.9 Å². The highest BCUT2D eigenvalue weighted by atomic mass is 15.2. The van der Waals surface area contributed by atoms with Crippen molar-refractivity contribution >= 4 is 11.6 Å². The van der Waals surface area contributed by atoms with Gasteiger partial charge >= 0.3 is 0 Å². The van der Waals surface area contributed by atoms with E-state index in [9.17, 15) is 0 Å². The molecular weight excluding hydrogens is 226 g/mol. The van der Waals surface area contributed by atoms with Gasteiger partial charge in [-0.05, 0) is 34.9 Å². The Labute approximate surface area is 110 Å². The highest BCUT2D eigenvalue weighted by molar-refractivity contribution is 5.49. The van der Waals surface area contributed by atoms with Crippen LogP contribution in [-0.2, 0) is 0 Å². The first kappa shape index (κ1) is 14.7. The Morgan fingerprint density at radius 2 is 1.83 bits per heavy atom. The third kappa shape index (κ3) is 4.49. The lowest BCUT2D eigenvalue weighted by Gasteiger charge is -2.21. The molecule has 0 bridgehead atoms. The van der Waals surface area contributed by atoms with Crippen LogP contribution in [0.25, 0.3) is 0 Å². The van der Waals surface area contributed by atoms with Crippen LogP contribution in [0, 0.1) is 6.92 Å². The number of likely N-dealkylation sites (N-methyl/N-ethyl adjacent to an activating group) is 1. The van der Waals surface area contributed by atoms with Crippen LogP contribution in [0.1, 0.15) is 19.7 Å². The molecule has 1 aromatic heterocycles. The molecule has 0 radical (unpaired) electrons. The fraction of sp³-hybridized carbons (Fsp3) is 0.692. The minimum atomic E-state index is 0.812. The van der Waals surface area contributed by atoms with Crippen LogP contribution in [0.3, 0.4) is 0 Å². The molecule has 0 unspecified atom stereocenters. The molecule has 0 atom stereocenters. The van der Waals surface area contributed by atoms with E-state index in [4.69, 9.17) is 0 Å². The average molecular weight is 251 g/mol. The van der Waals surface area contributed by atoms with Gasteiger partial charge in [-0.25, -0.2) is 9.97 Å². The second kappa shape index (κ2) is 7.16. The number of hydrogen-bond acceptors (Lipinski definition) is 5. The first-order valence-electron chi connectivity index (χ1n) is 6.56. The van der Waals surface area contributed by atoms with Crippen molar-refractivity contribution in [3.63, 3.8) is 0 Å². The Kier molecular flexibility index (Phi) is 5.85. The molecule has 5 heteroatoms. The van der Waals surface area contributed by atoms with Crippen LogP contribution in [0.4, 0.5) is 11.6 Å². The van der Waals surface area contributed by atoms with Crippen molar-refractivity contribution in [1.29, 1.82) is 0 Å². The van der Waals surface area contributed by atoms with Crippen LogP contribution >= 0.6 is 0 Å². The highest BCUT2D eigenvalue weighted by Gasteiger charge is 2.07. The maximum absolute atomic E-state index is 4.48. The summed E-state index contributed by atoms with van der Waals surface area (Å²) in [5.74, 6) is 2.72. The fourth-order valence-corrected chi connectivity index (χ4v) is 1.76. The second-order valence-electron chi connectivity index (χ2n) is 4.56. The van der Waals surface area contributed by atoms with Crippen molar-refractivity contribution in [2.24, 2.45) is 0 Å². The minimum absolute atomic E-state index is 0.812. The van der Waals surface area contributed by atoms with Gasteiger partial charge in [0.25, 0.3) is 0 Å². The molecule has 1 rings (SSSR count). The second-order valence-corrected chi connectivity index (χ2v) is 4.56. The normalized spacial score (nSPS) is 10.8. The van der Waals surface area contributed by atoms with Gasteiger partial charge in [0.1, 0.15) is 17.5 Å². The zero-order valence-electron chi connectivity index (χ0n) is 12.2. The maximum Gasteiger partial charge on any atom is 0.134 e. The first-order chi connectivity index (χ1) is 8.56. The number of nitrogens with one attached hydrogen (secondary N) is 1. The van der Waals surface area contributed by atoms with Crippen molar-refractivity contribution < 1.29 is 0 Å². The summed E-state index contributed by atoms with van der Waals surface area (Å²) in [5.41, 5.74) is 0. The molecular formula is C13H25N5. The molecule has 1 heterocycles. The lowest BCUT2D eigenvalue weighted by atomic mass is 10.4. The summed E-state index contributed by atoms with van der Waals surface area (Å²) in [6, 6.07) is 2.02. The summed E-state index contributed by atoms with van der Waals surface area (Å²) in [6.07, 6.45) is 0. The smallest absolute Gasteiger partial charge is 0.134 e. The zero-order valence-corrected chi connectivity index (χ0v) is 12.2. The van der Waals surface area contributed by atoms with E-state index in [1.165, 1.54) is 0 Å². The number of nitrogens with zero attached hydrogens (tertiary/aromatic N) is 4. The van der Waals surface area contributed by atoms with Gasteiger partial charge < -0.3 is 15.1 Å². The van der Waals surface area contributed by atoms with Crippen LogP contribution in [0.2, 0.25) is 0 Å². The average Bonchev–Trinajstić information content (AvgIpc) is 2.29. The quantitative estimate of drug-likeness (QED) is 0.797. The molecule has 0 amide bonds. The van der Waals surface area contributed by atoms with Crippen LogP contribution < -0.4 is 10.2 Å². The van der Waals surface area contributed by atoms with E-state index in [0.717, 1.165) is 43.6 Å². The Morgan fingerprint density at radius 3 is 2.39 bits per heavy atom. The third-order valence-corrected chi connectivity index (χ3v) is 2.78. The number of aromatic nitrogens is 2. The van der Waals surface area contributed by atoms with E-state index in [1.54, 1.807) is 0 Å². The van der Waals surface area contributed by atoms with Crippen molar-refractivity contribution in [1.82, 2.24) is 14.9 Å². The SMILES string of the molecule is CCN(CC)c1cc(NCCN(C)C)nc(C)n1. The topological polar surface area (TPSA) is 44.3 Å². The molecule has 0 aromatic carbocycles. The predicted octanol–water partition coefficient (Wildman–Crippen LogP) is 1.60. The van der Waals surface area contributed by atoms with Gasteiger partial charge in [-0.15, -0.1) is 0 Å². The maximum atomic E-state index is 4.48. The molecule has 0 saturated heterocycles. The van der Waals surface area contributed by atoms with E-state index in [0.29, 0.717) is 0 Å². The van der Waals surface area contributed by atoms with Gasteiger partial charge in [-0.1, -0.05) is 0 Å². The number of aryl methyl sites for hydroxylation is 1. The van der Waals surface area contributed by atoms with Gasteiger partial charge in [0.15, 0.2) is 0 Å². The standard InChI is InChI=1S/C13H25N5/c1-6-18(7-2)13-10-12(15-11(3)16-13)14-8-9-17(4)5/h10H,6-9H2,1-5H3,(H,14,15,16). The minimum Gasteiger partial charge on any atom is -0.369 e. The predicted molar refractivity (Wildman–Crippen MR) is 77.4 cm³/mol. The van der Waals surface area contributed by atoms with Crippen LogP contribution in [0.15, 0.2) is 6.07 Å². The molecule has 0 spiro atoms. The summed E-state index contributed by atoms with van der Waals surface area (Å²) in [5, 5.41) is 3.34. The Bertz CT molecular complexity index is 360. The van der Waals surface area contributed by atoms with Gasteiger partial charge in [-0.3, -0.25) is 0 Å². The summed E-state index contributed by atoms with van der Waals surface area (Å²) < 4.78 is 0. The molecule has 102 valence electrons. The summed E-state index contributed by atoms with van der Waals surface area (Å²) >= 11 is 0. The lowest BCUT2D eigenvalue weighted by molar-refractivity contribution is 0.425. The fourth-order valence-electron chi connectivity index (χ4n) is 1.76. The highest BCUT2D eigenvalue weighted by Crippen LogP contribution is 2.15. The van der Waals surface area contributed by atoms with Gasteiger partial charge in [0, 0.05) is 32.2 Å².